The number of furan rings is 1. The highest BCUT2D eigenvalue weighted by Crippen LogP contribution is 2.14. The van der Waals surface area contributed by atoms with Crippen molar-refractivity contribution >= 4 is 23.0 Å². The molecule has 0 unspecified atom stereocenters. The van der Waals surface area contributed by atoms with Gasteiger partial charge in [-0.3, -0.25) is 4.90 Å². The SMILES string of the molecule is CCc1cccc(NC(=S)N2CCCN(Cc3ccco3)CC2)c1. The van der Waals surface area contributed by atoms with Crippen LogP contribution in [-0.4, -0.2) is 41.1 Å². The molecule has 24 heavy (non-hydrogen) atoms. The van der Waals surface area contributed by atoms with Crippen molar-refractivity contribution in [1.82, 2.24) is 9.80 Å². The molecular weight excluding hydrogens is 318 g/mol. The Kier molecular flexibility index (Phi) is 5.88. The highest BCUT2D eigenvalue weighted by Gasteiger charge is 2.17. The minimum atomic E-state index is 0.822. The van der Waals surface area contributed by atoms with E-state index in [1.165, 1.54) is 5.56 Å². The van der Waals surface area contributed by atoms with E-state index in [1.54, 1.807) is 6.26 Å². The van der Waals surface area contributed by atoms with E-state index in [1.807, 2.05) is 12.1 Å². The minimum Gasteiger partial charge on any atom is -0.468 e. The molecule has 0 spiro atoms. The molecule has 1 saturated heterocycles. The maximum atomic E-state index is 5.63. The lowest BCUT2D eigenvalue weighted by Gasteiger charge is -2.24. The van der Waals surface area contributed by atoms with Crippen LogP contribution in [0.3, 0.4) is 0 Å². The summed E-state index contributed by atoms with van der Waals surface area (Å²) in [7, 11) is 0. The Morgan fingerprint density at radius 1 is 1.17 bits per heavy atom. The summed E-state index contributed by atoms with van der Waals surface area (Å²) in [5, 5.41) is 4.22. The Bertz CT molecular complexity index is 656. The van der Waals surface area contributed by atoms with Gasteiger partial charge in [-0.1, -0.05) is 19.1 Å². The molecule has 1 aliphatic rings. The number of benzene rings is 1. The lowest BCUT2D eigenvalue weighted by molar-refractivity contribution is 0.255. The van der Waals surface area contributed by atoms with Crippen molar-refractivity contribution in [3.8, 4) is 0 Å². The molecule has 2 aromatic rings. The van der Waals surface area contributed by atoms with Gasteiger partial charge in [0.15, 0.2) is 5.11 Å². The van der Waals surface area contributed by atoms with Crippen molar-refractivity contribution in [3.05, 3.63) is 54.0 Å². The quantitative estimate of drug-likeness (QED) is 0.855. The van der Waals surface area contributed by atoms with Crippen molar-refractivity contribution in [3.63, 3.8) is 0 Å². The first-order chi connectivity index (χ1) is 11.7. The normalized spacial score (nSPS) is 16.0. The summed E-state index contributed by atoms with van der Waals surface area (Å²) in [5.41, 5.74) is 2.40. The van der Waals surface area contributed by atoms with E-state index in [0.717, 1.165) is 62.1 Å². The second kappa shape index (κ2) is 8.31. The number of thiocarbonyl (C=S) groups is 1. The maximum absolute atomic E-state index is 5.63. The number of rotatable bonds is 4. The van der Waals surface area contributed by atoms with Gasteiger partial charge in [0.25, 0.3) is 0 Å². The third-order valence-electron chi connectivity index (χ3n) is 4.42. The van der Waals surface area contributed by atoms with Crippen LogP contribution in [0.5, 0.6) is 0 Å². The summed E-state index contributed by atoms with van der Waals surface area (Å²) in [5.74, 6) is 1.03. The van der Waals surface area contributed by atoms with E-state index in [4.69, 9.17) is 16.6 Å². The van der Waals surface area contributed by atoms with Gasteiger partial charge in [-0.2, -0.15) is 0 Å². The van der Waals surface area contributed by atoms with Crippen LogP contribution in [0, 0.1) is 0 Å². The fraction of sp³-hybridized carbons (Fsp3) is 0.421. The van der Waals surface area contributed by atoms with E-state index in [-0.39, 0.29) is 0 Å². The molecule has 1 fully saturated rings. The van der Waals surface area contributed by atoms with Crippen LogP contribution in [0.2, 0.25) is 0 Å². The predicted molar refractivity (Wildman–Crippen MR) is 102 cm³/mol. The molecule has 3 rings (SSSR count). The lowest BCUT2D eigenvalue weighted by atomic mass is 10.1. The molecule has 2 heterocycles. The monoisotopic (exact) mass is 343 g/mol. The van der Waals surface area contributed by atoms with Gasteiger partial charge in [0, 0.05) is 31.9 Å². The zero-order valence-electron chi connectivity index (χ0n) is 14.2. The van der Waals surface area contributed by atoms with E-state index in [2.05, 4.69) is 46.3 Å². The Morgan fingerprint density at radius 3 is 2.88 bits per heavy atom. The first-order valence-electron chi connectivity index (χ1n) is 8.64. The van der Waals surface area contributed by atoms with Gasteiger partial charge < -0.3 is 14.6 Å². The second-order valence-electron chi connectivity index (χ2n) is 6.18. The molecular formula is C19H25N3OS. The Hall–Kier alpha value is -1.85. The van der Waals surface area contributed by atoms with Crippen LogP contribution in [0.25, 0.3) is 0 Å². The zero-order valence-corrected chi connectivity index (χ0v) is 15.0. The van der Waals surface area contributed by atoms with Gasteiger partial charge in [-0.15, -0.1) is 0 Å². The van der Waals surface area contributed by atoms with Gasteiger partial charge in [-0.25, -0.2) is 0 Å². The Balaban J connectivity index is 1.54. The highest BCUT2D eigenvalue weighted by molar-refractivity contribution is 7.80. The van der Waals surface area contributed by atoms with E-state index >= 15 is 0 Å². The van der Waals surface area contributed by atoms with Gasteiger partial charge in [0.05, 0.1) is 12.8 Å². The molecule has 0 bridgehead atoms. The molecule has 128 valence electrons. The number of aryl methyl sites for hydroxylation is 1. The topological polar surface area (TPSA) is 31.6 Å². The molecule has 1 aromatic heterocycles. The number of anilines is 1. The molecule has 0 aliphatic carbocycles. The summed E-state index contributed by atoms with van der Waals surface area (Å²) in [4.78, 5) is 4.70. The van der Waals surface area contributed by atoms with Crippen LogP contribution >= 0.6 is 12.2 Å². The maximum Gasteiger partial charge on any atom is 0.173 e. The summed E-state index contributed by atoms with van der Waals surface area (Å²) in [6.07, 6.45) is 3.88. The van der Waals surface area contributed by atoms with Gasteiger partial charge in [0.2, 0.25) is 0 Å². The Labute approximate surface area is 149 Å². The first-order valence-corrected chi connectivity index (χ1v) is 9.05. The second-order valence-corrected chi connectivity index (χ2v) is 6.57. The molecule has 0 amide bonds. The predicted octanol–water partition coefficient (Wildman–Crippen LogP) is 3.75. The summed E-state index contributed by atoms with van der Waals surface area (Å²) >= 11 is 5.63. The number of nitrogens with one attached hydrogen (secondary N) is 1. The highest BCUT2D eigenvalue weighted by atomic mass is 32.1. The fourth-order valence-corrected chi connectivity index (χ4v) is 3.33. The van der Waals surface area contributed by atoms with Gasteiger partial charge in [-0.05, 0) is 54.9 Å². The van der Waals surface area contributed by atoms with Crippen molar-refractivity contribution in [2.24, 2.45) is 0 Å². The van der Waals surface area contributed by atoms with Crippen molar-refractivity contribution in [1.29, 1.82) is 0 Å². The third-order valence-corrected chi connectivity index (χ3v) is 4.78. The molecule has 4 nitrogen and oxygen atoms in total. The smallest absolute Gasteiger partial charge is 0.173 e. The van der Waals surface area contributed by atoms with Crippen molar-refractivity contribution < 1.29 is 4.42 Å². The van der Waals surface area contributed by atoms with Crippen LogP contribution in [-0.2, 0) is 13.0 Å². The van der Waals surface area contributed by atoms with Gasteiger partial charge in [0.1, 0.15) is 5.76 Å². The molecule has 0 atom stereocenters. The molecule has 0 saturated carbocycles. The number of hydrogen-bond donors (Lipinski definition) is 1. The Morgan fingerprint density at radius 2 is 2.08 bits per heavy atom. The average molecular weight is 343 g/mol. The fourth-order valence-electron chi connectivity index (χ4n) is 3.03. The summed E-state index contributed by atoms with van der Waals surface area (Å²) < 4.78 is 5.46. The van der Waals surface area contributed by atoms with Crippen molar-refractivity contribution in [2.45, 2.75) is 26.3 Å². The lowest BCUT2D eigenvalue weighted by Crippen LogP contribution is -2.37. The molecule has 1 aromatic carbocycles. The largest absolute Gasteiger partial charge is 0.468 e. The molecule has 5 heteroatoms. The summed E-state index contributed by atoms with van der Waals surface area (Å²) in [6, 6.07) is 12.5. The van der Waals surface area contributed by atoms with Crippen molar-refractivity contribution in [2.75, 3.05) is 31.5 Å². The average Bonchev–Trinajstić information content (AvgIpc) is 2.99. The van der Waals surface area contributed by atoms with Crippen LogP contribution in [0.4, 0.5) is 5.69 Å². The third kappa shape index (κ3) is 4.58. The van der Waals surface area contributed by atoms with Crippen LogP contribution in [0.15, 0.2) is 47.1 Å². The number of hydrogen-bond acceptors (Lipinski definition) is 3. The van der Waals surface area contributed by atoms with E-state index in [9.17, 15) is 0 Å². The molecule has 1 N–H and O–H groups in total. The number of nitrogens with zero attached hydrogens (tertiary/aromatic N) is 2. The summed E-state index contributed by atoms with van der Waals surface area (Å²) in [6.45, 7) is 7.05. The van der Waals surface area contributed by atoms with E-state index in [0.29, 0.717) is 0 Å². The molecule has 0 radical (unpaired) electrons. The van der Waals surface area contributed by atoms with E-state index < -0.39 is 0 Å². The van der Waals surface area contributed by atoms with Crippen LogP contribution < -0.4 is 5.32 Å². The standard InChI is InChI=1S/C19H25N3OS/c1-2-16-6-3-7-17(14-16)20-19(24)22-10-5-9-21(11-12-22)15-18-8-4-13-23-18/h3-4,6-8,13-14H,2,5,9-12,15H2,1H3,(H,20,24). The first kappa shape index (κ1) is 17.0. The minimum absolute atomic E-state index is 0.822. The zero-order chi connectivity index (χ0) is 16.8. The molecule has 1 aliphatic heterocycles. The van der Waals surface area contributed by atoms with Gasteiger partial charge >= 0.3 is 0 Å². The van der Waals surface area contributed by atoms with Crippen LogP contribution in [0.1, 0.15) is 24.7 Å².